The van der Waals surface area contributed by atoms with E-state index >= 15 is 0 Å². The monoisotopic (exact) mass is 846 g/mol. The van der Waals surface area contributed by atoms with E-state index < -0.39 is 0 Å². The molecule has 1 aliphatic rings. The molecule has 0 unspecified atom stereocenters. The van der Waals surface area contributed by atoms with Crippen LogP contribution in [0.1, 0.15) is 112 Å². The maximum Gasteiger partial charge on any atom is 3.00 e. The standard InChI is InChI=1S/C35H35N2.C10H22N2.Ir/c1-21(2)17-24-13-10-12-22-15-16-27-30-32(36-20-37-33(30)35(6,7)31(27)29(22)24)25-18-23-11-8-9-14-26(23)28(19-25)34(3,4)5;1-7(2)10(11-8(3)4)12-9(5)6;/h8-16,19-21H,17H2,1-7H3;7-10H,1-6H3;/q-1;-2;+3. The summed E-state index contributed by atoms with van der Waals surface area (Å²) in [6.07, 6.45) is 3.00. The molecule has 4 aromatic carbocycles. The van der Waals surface area contributed by atoms with Gasteiger partial charge in [0.15, 0.2) is 0 Å². The number of hydrogen-bond donors (Lipinski definition) is 0. The fourth-order valence-electron chi connectivity index (χ4n) is 7.33. The van der Waals surface area contributed by atoms with Crippen molar-refractivity contribution in [1.82, 2.24) is 9.97 Å². The number of fused-ring (bicyclic) bond motifs is 6. The molecule has 1 aliphatic carbocycles. The van der Waals surface area contributed by atoms with Gasteiger partial charge in [0, 0.05) is 11.1 Å². The second-order valence-electron chi connectivity index (χ2n) is 16.7. The molecule has 0 bridgehead atoms. The Labute approximate surface area is 316 Å². The van der Waals surface area contributed by atoms with E-state index in [2.05, 4.69) is 167 Å². The Bertz CT molecular complexity index is 1920. The van der Waals surface area contributed by atoms with E-state index in [1.54, 1.807) is 6.33 Å². The van der Waals surface area contributed by atoms with Gasteiger partial charge < -0.3 is 10.6 Å². The van der Waals surface area contributed by atoms with Crippen molar-refractivity contribution in [1.29, 1.82) is 0 Å². The molecule has 0 fully saturated rings. The quantitative estimate of drug-likeness (QED) is 0.146. The van der Waals surface area contributed by atoms with Crippen LogP contribution in [0.25, 0.3) is 54.6 Å². The van der Waals surface area contributed by atoms with Crippen LogP contribution in [0, 0.1) is 17.9 Å². The van der Waals surface area contributed by atoms with E-state index in [9.17, 15) is 0 Å². The van der Waals surface area contributed by atoms with Gasteiger partial charge in [-0.25, -0.2) is 11.1 Å². The average Bonchev–Trinajstić information content (AvgIpc) is 3.26. The summed E-state index contributed by atoms with van der Waals surface area (Å²) < 4.78 is 0. The molecule has 0 amide bonds. The van der Waals surface area contributed by atoms with Gasteiger partial charge in [0.1, 0.15) is 6.33 Å². The summed E-state index contributed by atoms with van der Waals surface area (Å²) in [5, 5.41) is 14.2. The van der Waals surface area contributed by atoms with Crippen LogP contribution < -0.4 is 0 Å². The maximum absolute atomic E-state index is 4.92. The first-order valence-corrected chi connectivity index (χ1v) is 18.3. The molecular formula is C45H57IrN4. The van der Waals surface area contributed by atoms with Crippen molar-refractivity contribution in [2.75, 3.05) is 0 Å². The van der Waals surface area contributed by atoms with Crippen LogP contribution in [0.5, 0.6) is 0 Å². The number of nitrogens with zero attached hydrogens (tertiary/aromatic N) is 4. The molecule has 5 heteroatoms. The fourth-order valence-corrected chi connectivity index (χ4v) is 7.33. The van der Waals surface area contributed by atoms with Gasteiger partial charge in [-0.05, 0) is 50.8 Å². The van der Waals surface area contributed by atoms with Crippen LogP contribution in [0.2, 0.25) is 0 Å². The number of rotatable bonds is 8. The SMILES string of the molecule is CC(C)Cc1cccc2ccc3c(c12)C(C)(C)c1ncnc(-c2[c-]c4ccccc4c(C(C)(C)C)c2)c1-3.CC(C)[N-]C([N-]C(C)C)C(C)C.[Ir+3]. The van der Waals surface area contributed by atoms with E-state index in [1.807, 2.05) is 0 Å². The summed E-state index contributed by atoms with van der Waals surface area (Å²) in [5.41, 5.74) is 9.46. The van der Waals surface area contributed by atoms with Crippen molar-refractivity contribution in [3.05, 3.63) is 106 Å². The summed E-state index contributed by atoms with van der Waals surface area (Å²) >= 11 is 0. The average molecular weight is 846 g/mol. The van der Waals surface area contributed by atoms with Crippen LogP contribution in [-0.4, -0.2) is 28.2 Å². The molecule has 0 aliphatic heterocycles. The second kappa shape index (κ2) is 15.7. The molecule has 0 radical (unpaired) electrons. The Morgan fingerprint density at radius 3 is 2.06 bits per heavy atom. The van der Waals surface area contributed by atoms with E-state index in [1.165, 1.54) is 38.4 Å². The molecule has 0 saturated heterocycles. The van der Waals surface area contributed by atoms with Crippen molar-refractivity contribution < 1.29 is 20.1 Å². The van der Waals surface area contributed by atoms with E-state index in [0.717, 1.165) is 34.3 Å². The first kappa shape index (κ1) is 39.8. The Morgan fingerprint density at radius 2 is 1.46 bits per heavy atom. The summed E-state index contributed by atoms with van der Waals surface area (Å²) in [5.74, 6) is 1.11. The van der Waals surface area contributed by atoms with E-state index in [0.29, 0.717) is 23.9 Å². The predicted octanol–water partition coefficient (Wildman–Crippen LogP) is 12.6. The third-order valence-corrected chi connectivity index (χ3v) is 9.43. The molecule has 1 aromatic heterocycles. The van der Waals surface area contributed by atoms with Crippen LogP contribution in [0.3, 0.4) is 0 Å². The summed E-state index contributed by atoms with van der Waals surface area (Å²) in [6.45, 7) is 28.8. The van der Waals surface area contributed by atoms with Crippen LogP contribution in [0.15, 0.2) is 67.0 Å². The minimum absolute atomic E-state index is 0. The van der Waals surface area contributed by atoms with E-state index in [4.69, 9.17) is 9.97 Å². The fraction of sp³-hybridized carbons (Fsp3) is 0.467. The van der Waals surface area contributed by atoms with Gasteiger partial charge in [-0.2, -0.15) is 0 Å². The molecule has 0 saturated carbocycles. The first-order valence-electron chi connectivity index (χ1n) is 18.3. The third kappa shape index (κ3) is 8.23. The van der Waals surface area contributed by atoms with Gasteiger partial charge in [0.05, 0.1) is 5.69 Å². The van der Waals surface area contributed by atoms with E-state index in [-0.39, 0.29) is 37.1 Å². The smallest absolute Gasteiger partial charge is 0.675 e. The van der Waals surface area contributed by atoms with Gasteiger partial charge in [-0.15, -0.1) is 41.2 Å². The largest absolute Gasteiger partial charge is 3.00 e. The molecule has 4 nitrogen and oxygen atoms in total. The van der Waals surface area contributed by atoms with Gasteiger partial charge in [-0.3, -0.25) is 4.98 Å². The van der Waals surface area contributed by atoms with Crippen molar-refractivity contribution in [3.63, 3.8) is 0 Å². The predicted molar refractivity (Wildman–Crippen MR) is 212 cm³/mol. The Hall–Kier alpha value is -2.95. The summed E-state index contributed by atoms with van der Waals surface area (Å²) in [4.78, 5) is 9.84. The van der Waals surface area contributed by atoms with Crippen LogP contribution in [0.4, 0.5) is 0 Å². The topological polar surface area (TPSA) is 54.0 Å². The van der Waals surface area contributed by atoms with Crippen LogP contribution in [-0.2, 0) is 37.4 Å². The normalized spacial score (nSPS) is 13.6. The molecule has 266 valence electrons. The summed E-state index contributed by atoms with van der Waals surface area (Å²) in [6, 6.07) is 26.7. The molecule has 6 rings (SSSR count). The molecule has 50 heavy (non-hydrogen) atoms. The van der Waals surface area contributed by atoms with Gasteiger partial charge >= 0.3 is 20.1 Å². The van der Waals surface area contributed by atoms with Crippen molar-refractivity contribution in [3.8, 4) is 22.4 Å². The minimum atomic E-state index is -0.224. The molecule has 1 heterocycles. The minimum Gasteiger partial charge on any atom is -0.675 e. The van der Waals surface area contributed by atoms with Crippen LogP contribution >= 0.6 is 0 Å². The van der Waals surface area contributed by atoms with Gasteiger partial charge in [0.2, 0.25) is 0 Å². The number of aromatic nitrogens is 2. The Balaban J connectivity index is 0.000000373. The molecule has 5 aromatic rings. The van der Waals surface area contributed by atoms with Gasteiger partial charge in [-0.1, -0.05) is 155 Å². The summed E-state index contributed by atoms with van der Waals surface area (Å²) in [7, 11) is 0. The molecule has 0 spiro atoms. The molecular weight excluding hydrogens is 789 g/mol. The number of benzene rings is 4. The Morgan fingerprint density at radius 1 is 0.800 bits per heavy atom. The zero-order chi connectivity index (χ0) is 35.8. The zero-order valence-electron chi connectivity index (χ0n) is 32.6. The van der Waals surface area contributed by atoms with Gasteiger partial charge in [0.25, 0.3) is 0 Å². The Kier molecular flexibility index (Phi) is 12.5. The van der Waals surface area contributed by atoms with Crippen molar-refractivity contribution in [2.24, 2.45) is 11.8 Å². The number of hydrogen-bond acceptors (Lipinski definition) is 2. The third-order valence-electron chi connectivity index (χ3n) is 9.43. The second-order valence-corrected chi connectivity index (χ2v) is 16.7. The zero-order valence-corrected chi connectivity index (χ0v) is 35.0. The molecule has 0 atom stereocenters. The van der Waals surface area contributed by atoms with Crippen molar-refractivity contribution in [2.45, 2.75) is 126 Å². The first-order chi connectivity index (χ1) is 23.0. The molecule has 0 N–H and O–H groups in total. The van der Waals surface area contributed by atoms with Crippen molar-refractivity contribution >= 4 is 21.5 Å². The maximum atomic E-state index is 4.92.